The monoisotopic (exact) mass is 338 g/mol. The standard InChI is InChI=1S/C19H18N2O4/c1-12-9-17(13(2)25-12)19(23)21-20-18(22)11-24-16-8-7-14-5-3-4-6-15(14)10-16/h3-10H,11H2,1-2H3,(H,20,22)(H,21,23). The van der Waals surface area contributed by atoms with E-state index in [1.807, 2.05) is 36.4 Å². The molecule has 0 atom stereocenters. The fourth-order valence-electron chi connectivity index (χ4n) is 2.49. The molecule has 3 aromatic rings. The maximum atomic E-state index is 12.0. The number of aryl methyl sites for hydroxylation is 2. The van der Waals surface area contributed by atoms with E-state index in [4.69, 9.17) is 9.15 Å². The van der Waals surface area contributed by atoms with Gasteiger partial charge in [0.25, 0.3) is 11.8 Å². The summed E-state index contributed by atoms with van der Waals surface area (Å²) in [7, 11) is 0. The molecule has 2 N–H and O–H groups in total. The van der Waals surface area contributed by atoms with E-state index < -0.39 is 11.8 Å². The number of hydrogen-bond donors (Lipinski definition) is 2. The van der Waals surface area contributed by atoms with Gasteiger partial charge in [0.15, 0.2) is 6.61 Å². The first kappa shape index (κ1) is 16.6. The number of rotatable bonds is 4. The van der Waals surface area contributed by atoms with Gasteiger partial charge in [-0.1, -0.05) is 30.3 Å². The van der Waals surface area contributed by atoms with Crippen molar-refractivity contribution in [3.05, 3.63) is 65.6 Å². The van der Waals surface area contributed by atoms with Gasteiger partial charge in [0.1, 0.15) is 17.3 Å². The summed E-state index contributed by atoms with van der Waals surface area (Å²) >= 11 is 0. The molecule has 128 valence electrons. The van der Waals surface area contributed by atoms with Crippen LogP contribution in [0.2, 0.25) is 0 Å². The maximum absolute atomic E-state index is 12.0. The van der Waals surface area contributed by atoms with E-state index in [2.05, 4.69) is 10.9 Å². The summed E-state index contributed by atoms with van der Waals surface area (Å²) in [4.78, 5) is 23.8. The second-order valence-electron chi connectivity index (χ2n) is 5.63. The van der Waals surface area contributed by atoms with Crippen molar-refractivity contribution in [1.82, 2.24) is 10.9 Å². The first-order valence-electron chi connectivity index (χ1n) is 7.81. The van der Waals surface area contributed by atoms with E-state index in [-0.39, 0.29) is 6.61 Å². The molecular weight excluding hydrogens is 320 g/mol. The lowest BCUT2D eigenvalue weighted by Crippen LogP contribution is -2.43. The van der Waals surface area contributed by atoms with E-state index >= 15 is 0 Å². The quantitative estimate of drug-likeness (QED) is 0.717. The predicted octanol–water partition coefficient (Wildman–Crippen LogP) is 2.89. The third-order valence-electron chi connectivity index (χ3n) is 3.69. The highest BCUT2D eigenvalue weighted by Crippen LogP contribution is 2.20. The summed E-state index contributed by atoms with van der Waals surface area (Å²) in [5, 5.41) is 2.12. The van der Waals surface area contributed by atoms with E-state index in [0.717, 1.165) is 10.8 Å². The number of hydrogen-bond acceptors (Lipinski definition) is 4. The second-order valence-corrected chi connectivity index (χ2v) is 5.63. The van der Waals surface area contributed by atoms with Crippen LogP contribution in [0.5, 0.6) is 5.75 Å². The van der Waals surface area contributed by atoms with Crippen molar-refractivity contribution in [2.45, 2.75) is 13.8 Å². The highest BCUT2D eigenvalue weighted by Gasteiger charge is 2.14. The predicted molar refractivity (Wildman–Crippen MR) is 93.2 cm³/mol. The molecule has 0 unspecified atom stereocenters. The molecule has 1 aromatic heterocycles. The summed E-state index contributed by atoms with van der Waals surface area (Å²) in [5.41, 5.74) is 5.04. The third-order valence-corrected chi connectivity index (χ3v) is 3.69. The Morgan fingerprint density at radius 2 is 1.76 bits per heavy atom. The highest BCUT2D eigenvalue weighted by atomic mass is 16.5. The van der Waals surface area contributed by atoms with Crippen LogP contribution in [0.25, 0.3) is 10.8 Å². The van der Waals surface area contributed by atoms with Crippen LogP contribution in [-0.2, 0) is 4.79 Å². The molecule has 2 aromatic carbocycles. The minimum Gasteiger partial charge on any atom is -0.484 e. The lowest BCUT2D eigenvalue weighted by atomic mass is 10.1. The molecule has 0 saturated heterocycles. The Balaban J connectivity index is 1.52. The largest absolute Gasteiger partial charge is 0.484 e. The molecule has 3 rings (SSSR count). The van der Waals surface area contributed by atoms with Crippen LogP contribution >= 0.6 is 0 Å². The maximum Gasteiger partial charge on any atom is 0.276 e. The number of amides is 2. The number of hydrazine groups is 1. The fraction of sp³-hybridized carbons (Fsp3) is 0.158. The molecule has 6 nitrogen and oxygen atoms in total. The van der Waals surface area contributed by atoms with Gasteiger partial charge in [-0.05, 0) is 42.8 Å². The first-order valence-corrected chi connectivity index (χ1v) is 7.81. The number of nitrogens with one attached hydrogen (secondary N) is 2. The van der Waals surface area contributed by atoms with Gasteiger partial charge in [-0.3, -0.25) is 20.4 Å². The Morgan fingerprint density at radius 1 is 1.00 bits per heavy atom. The molecule has 1 heterocycles. The normalized spacial score (nSPS) is 10.5. The Morgan fingerprint density at radius 3 is 2.48 bits per heavy atom. The molecule has 2 amide bonds. The van der Waals surface area contributed by atoms with E-state index in [0.29, 0.717) is 22.8 Å². The van der Waals surface area contributed by atoms with E-state index in [1.165, 1.54) is 0 Å². The molecule has 0 bridgehead atoms. The molecule has 0 aliphatic rings. The minimum absolute atomic E-state index is 0.206. The van der Waals surface area contributed by atoms with Crippen molar-refractivity contribution in [2.75, 3.05) is 6.61 Å². The van der Waals surface area contributed by atoms with Crippen LogP contribution in [0.1, 0.15) is 21.9 Å². The first-order chi connectivity index (χ1) is 12.0. The molecule has 0 fully saturated rings. The fourth-order valence-corrected chi connectivity index (χ4v) is 2.49. The van der Waals surface area contributed by atoms with Crippen molar-refractivity contribution < 1.29 is 18.7 Å². The van der Waals surface area contributed by atoms with Gasteiger partial charge in [-0.2, -0.15) is 0 Å². The zero-order valence-electron chi connectivity index (χ0n) is 14.0. The zero-order chi connectivity index (χ0) is 17.8. The van der Waals surface area contributed by atoms with E-state index in [1.54, 1.807) is 26.0 Å². The molecule has 25 heavy (non-hydrogen) atoms. The van der Waals surface area contributed by atoms with Gasteiger partial charge in [0.05, 0.1) is 5.56 Å². The van der Waals surface area contributed by atoms with Crippen LogP contribution in [0.15, 0.2) is 52.9 Å². The lowest BCUT2D eigenvalue weighted by Gasteiger charge is -2.09. The average molecular weight is 338 g/mol. The molecule has 0 aliphatic heterocycles. The Labute approximate surface area is 144 Å². The van der Waals surface area contributed by atoms with Crippen molar-refractivity contribution in [3.8, 4) is 5.75 Å². The number of fused-ring (bicyclic) bond motifs is 1. The van der Waals surface area contributed by atoms with Gasteiger partial charge in [-0.25, -0.2) is 0 Å². The Hall–Kier alpha value is -3.28. The summed E-state index contributed by atoms with van der Waals surface area (Å²) < 4.78 is 10.7. The number of ether oxygens (including phenoxy) is 1. The number of benzene rings is 2. The third kappa shape index (κ3) is 3.98. The van der Waals surface area contributed by atoms with Crippen LogP contribution < -0.4 is 15.6 Å². The topological polar surface area (TPSA) is 80.6 Å². The van der Waals surface area contributed by atoms with Crippen molar-refractivity contribution >= 4 is 22.6 Å². The van der Waals surface area contributed by atoms with Gasteiger partial charge >= 0.3 is 0 Å². The average Bonchev–Trinajstić information content (AvgIpc) is 2.96. The van der Waals surface area contributed by atoms with Gasteiger partial charge in [-0.15, -0.1) is 0 Å². The minimum atomic E-state index is -0.459. The molecular formula is C19H18N2O4. The van der Waals surface area contributed by atoms with Crippen molar-refractivity contribution in [3.63, 3.8) is 0 Å². The van der Waals surface area contributed by atoms with Crippen LogP contribution in [-0.4, -0.2) is 18.4 Å². The van der Waals surface area contributed by atoms with Gasteiger partial charge in [0.2, 0.25) is 0 Å². The number of carbonyl (C=O) groups excluding carboxylic acids is 2. The van der Waals surface area contributed by atoms with Crippen LogP contribution in [0.3, 0.4) is 0 Å². The van der Waals surface area contributed by atoms with Crippen molar-refractivity contribution in [1.29, 1.82) is 0 Å². The van der Waals surface area contributed by atoms with Crippen LogP contribution in [0.4, 0.5) is 0 Å². The molecule has 0 radical (unpaired) electrons. The van der Waals surface area contributed by atoms with Gasteiger partial charge < -0.3 is 9.15 Å². The summed E-state index contributed by atoms with van der Waals surface area (Å²) in [6, 6.07) is 15.1. The van der Waals surface area contributed by atoms with Crippen LogP contribution in [0, 0.1) is 13.8 Å². The zero-order valence-corrected chi connectivity index (χ0v) is 14.0. The molecule has 0 aliphatic carbocycles. The molecule has 6 heteroatoms. The molecule has 0 saturated carbocycles. The highest BCUT2D eigenvalue weighted by molar-refractivity contribution is 5.96. The Kier molecular flexibility index (Phi) is 4.70. The Bertz CT molecular complexity index is 930. The summed E-state index contributed by atoms with van der Waals surface area (Å²) in [5.74, 6) is 0.819. The lowest BCUT2D eigenvalue weighted by molar-refractivity contribution is -0.123. The summed E-state index contributed by atoms with van der Waals surface area (Å²) in [6.07, 6.45) is 0. The SMILES string of the molecule is Cc1cc(C(=O)NNC(=O)COc2ccc3ccccc3c2)c(C)o1. The smallest absolute Gasteiger partial charge is 0.276 e. The summed E-state index contributed by atoms with van der Waals surface area (Å²) in [6.45, 7) is 3.23. The second kappa shape index (κ2) is 7.09. The van der Waals surface area contributed by atoms with Gasteiger partial charge in [0, 0.05) is 0 Å². The molecule has 0 spiro atoms. The van der Waals surface area contributed by atoms with Crippen molar-refractivity contribution in [2.24, 2.45) is 0 Å². The number of furan rings is 1. The van der Waals surface area contributed by atoms with E-state index in [9.17, 15) is 9.59 Å². The number of carbonyl (C=O) groups is 2.